The van der Waals surface area contributed by atoms with Crippen LogP contribution < -0.4 is 5.32 Å². The summed E-state index contributed by atoms with van der Waals surface area (Å²) in [6.07, 6.45) is 6.36. The molecule has 4 nitrogen and oxygen atoms in total. The van der Waals surface area contributed by atoms with Crippen molar-refractivity contribution in [1.82, 2.24) is 5.32 Å². The largest absolute Gasteiger partial charge is 0.467 e. The van der Waals surface area contributed by atoms with E-state index in [1.165, 1.54) is 25.3 Å². The highest BCUT2D eigenvalue weighted by atomic mass is 19.1. The molecule has 1 aromatic rings. The Morgan fingerprint density at radius 3 is 2.59 bits per heavy atom. The average Bonchev–Trinajstić information content (AvgIpc) is 2.52. The first-order chi connectivity index (χ1) is 10.6. The minimum Gasteiger partial charge on any atom is -0.467 e. The van der Waals surface area contributed by atoms with Crippen molar-refractivity contribution in [3.63, 3.8) is 0 Å². The number of hydrogen-bond donors (Lipinski definition) is 1. The SMILES string of the molecule is CCCC/C=C/C(=O)N[C@@H](Cc1ccc(F)cc1)C(=O)OC. The Morgan fingerprint density at radius 2 is 2.00 bits per heavy atom. The molecular weight excluding hydrogens is 285 g/mol. The van der Waals surface area contributed by atoms with E-state index in [9.17, 15) is 14.0 Å². The van der Waals surface area contributed by atoms with E-state index in [1.54, 1.807) is 18.2 Å². The van der Waals surface area contributed by atoms with Gasteiger partial charge in [0.05, 0.1) is 7.11 Å². The number of benzene rings is 1. The van der Waals surface area contributed by atoms with E-state index in [0.29, 0.717) is 0 Å². The Kier molecular flexibility index (Phi) is 7.89. The standard InChI is InChI=1S/C17H22FNO3/c1-3-4-5-6-7-16(20)19-15(17(21)22-2)12-13-8-10-14(18)11-9-13/h6-11,15H,3-5,12H2,1-2H3,(H,19,20)/b7-6+/t15-/m0/s1. The predicted molar refractivity (Wildman–Crippen MR) is 82.7 cm³/mol. The number of nitrogens with one attached hydrogen (secondary N) is 1. The molecule has 1 aromatic carbocycles. The second-order valence-electron chi connectivity index (χ2n) is 4.96. The molecule has 0 radical (unpaired) electrons. The first-order valence-electron chi connectivity index (χ1n) is 7.36. The molecule has 1 atom stereocenters. The zero-order valence-corrected chi connectivity index (χ0v) is 13.0. The fraction of sp³-hybridized carbons (Fsp3) is 0.412. The van der Waals surface area contributed by atoms with Gasteiger partial charge in [0, 0.05) is 6.42 Å². The molecule has 0 saturated carbocycles. The second-order valence-corrected chi connectivity index (χ2v) is 4.96. The van der Waals surface area contributed by atoms with Gasteiger partial charge in [0.25, 0.3) is 0 Å². The van der Waals surface area contributed by atoms with Crippen molar-refractivity contribution >= 4 is 11.9 Å². The van der Waals surface area contributed by atoms with Crippen molar-refractivity contribution in [2.24, 2.45) is 0 Å². The van der Waals surface area contributed by atoms with Crippen molar-refractivity contribution in [1.29, 1.82) is 0 Å². The van der Waals surface area contributed by atoms with Gasteiger partial charge in [-0.15, -0.1) is 0 Å². The molecule has 5 heteroatoms. The van der Waals surface area contributed by atoms with Crippen LogP contribution in [0.2, 0.25) is 0 Å². The summed E-state index contributed by atoms with van der Waals surface area (Å²) in [6.45, 7) is 2.07. The van der Waals surface area contributed by atoms with Crippen LogP contribution in [0.3, 0.4) is 0 Å². The maximum atomic E-state index is 12.9. The molecule has 0 heterocycles. The molecule has 0 aliphatic carbocycles. The second kappa shape index (κ2) is 9.71. The zero-order valence-electron chi connectivity index (χ0n) is 13.0. The lowest BCUT2D eigenvalue weighted by atomic mass is 10.1. The third-order valence-corrected chi connectivity index (χ3v) is 3.15. The highest BCUT2D eigenvalue weighted by molar-refractivity contribution is 5.91. The molecule has 0 spiro atoms. The molecule has 0 aliphatic heterocycles. The molecular formula is C17H22FNO3. The van der Waals surface area contributed by atoms with E-state index in [2.05, 4.69) is 12.2 Å². The molecule has 0 saturated heterocycles. The minimum absolute atomic E-state index is 0.251. The van der Waals surface area contributed by atoms with Crippen LogP contribution in [0.4, 0.5) is 4.39 Å². The van der Waals surface area contributed by atoms with Crippen LogP contribution in [0.15, 0.2) is 36.4 Å². The van der Waals surface area contributed by atoms with Crippen molar-refractivity contribution in [3.8, 4) is 0 Å². The Hall–Kier alpha value is -2.17. The number of hydrogen-bond acceptors (Lipinski definition) is 3. The number of carbonyl (C=O) groups excluding carboxylic acids is 2. The van der Waals surface area contributed by atoms with Crippen molar-refractivity contribution in [2.75, 3.05) is 7.11 Å². The van der Waals surface area contributed by atoms with Gasteiger partial charge in [0.2, 0.25) is 5.91 Å². The summed E-state index contributed by atoms with van der Waals surface area (Å²) in [5.41, 5.74) is 0.743. The minimum atomic E-state index is -0.793. The maximum absolute atomic E-state index is 12.9. The monoisotopic (exact) mass is 307 g/mol. The highest BCUT2D eigenvalue weighted by Gasteiger charge is 2.21. The quantitative estimate of drug-likeness (QED) is 0.456. The summed E-state index contributed by atoms with van der Waals surface area (Å²) in [7, 11) is 1.27. The molecule has 1 N–H and O–H groups in total. The van der Waals surface area contributed by atoms with Gasteiger partial charge in [-0.1, -0.05) is 38.0 Å². The van der Waals surface area contributed by atoms with Gasteiger partial charge in [0.1, 0.15) is 11.9 Å². The van der Waals surface area contributed by atoms with Crippen LogP contribution >= 0.6 is 0 Å². The number of methoxy groups -OCH3 is 1. The number of carbonyl (C=O) groups is 2. The van der Waals surface area contributed by atoms with Gasteiger partial charge in [-0.05, 0) is 30.2 Å². The zero-order chi connectivity index (χ0) is 16.4. The lowest BCUT2D eigenvalue weighted by molar-refractivity contribution is -0.144. The number of halogens is 1. The van der Waals surface area contributed by atoms with E-state index in [1.807, 2.05) is 0 Å². The van der Waals surface area contributed by atoms with Gasteiger partial charge in [-0.3, -0.25) is 4.79 Å². The van der Waals surface area contributed by atoms with Crippen molar-refractivity contribution < 1.29 is 18.7 Å². The van der Waals surface area contributed by atoms with Gasteiger partial charge in [0.15, 0.2) is 0 Å². The summed E-state index contributed by atoms with van der Waals surface area (Å²) in [5.74, 6) is -1.21. The summed E-state index contributed by atoms with van der Waals surface area (Å²) in [4.78, 5) is 23.6. The van der Waals surface area contributed by atoms with E-state index in [0.717, 1.165) is 24.8 Å². The first kappa shape index (κ1) is 17.9. The number of allylic oxidation sites excluding steroid dienone is 1. The fourth-order valence-corrected chi connectivity index (χ4v) is 1.92. The fourth-order valence-electron chi connectivity index (χ4n) is 1.92. The van der Waals surface area contributed by atoms with Crippen molar-refractivity contribution in [2.45, 2.75) is 38.6 Å². The predicted octanol–water partition coefficient (Wildman–Crippen LogP) is 2.77. The van der Waals surface area contributed by atoms with Crippen LogP contribution in [0.25, 0.3) is 0 Å². The summed E-state index contributed by atoms with van der Waals surface area (Å²) < 4.78 is 17.6. The Labute approximate surface area is 130 Å². The van der Waals surface area contributed by atoms with Crippen LogP contribution in [0, 0.1) is 5.82 Å². The van der Waals surface area contributed by atoms with Crippen molar-refractivity contribution in [3.05, 3.63) is 47.8 Å². The van der Waals surface area contributed by atoms with E-state index in [4.69, 9.17) is 4.74 Å². The van der Waals surface area contributed by atoms with Gasteiger partial charge >= 0.3 is 5.97 Å². The normalized spacial score (nSPS) is 12.1. The smallest absolute Gasteiger partial charge is 0.328 e. The molecule has 1 amide bonds. The number of esters is 1. The Morgan fingerprint density at radius 1 is 1.32 bits per heavy atom. The molecule has 0 aromatic heterocycles. The average molecular weight is 307 g/mol. The summed E-state index contributed by atoms with van der Waals surface area (Å²) in [5, 5.41) is 2.61. The molecule has 0 fully saturated rings. The molecule has 120 valence electrons. The number of unbranched alkanes of at least 4 members (excludes halogenated alkanes) is 2. The van der Waals surface area contributed by atoms with Gasteiger partial charge < -0.3 is 10.1 Å². The van der Waals surface area contributed by atoms with E-state index in [-0.39, 0.29) is 18.1 Å². The molecule has 22 heavy (non-hydrogen) atoms. The highest BCUT2D eigenvalue weighted by Crippen LogP contribution is 2.07. The molecule has 1 rings (SSSR count). The van der Waals surface area contributed by atoms with Crippen LogP contribution in [-0.2, 0) is 20.7 Å². The van der Waals surface area contributed by atoms with Crippen LogP contribution in [0.1, 0.15) is 31.7 Å². The summed E-state index contributed by atoms with van der Waals surface area (Å²) in [6, 6.07) is 4.99. The molecule has 0 bridgehead atoms. The molecule has 0 unspecified atom stereocenters. The summed E-state index contributed by atoms with van der Waals surface area (Å²) >= 11 is 0. The number of amides is 1. The third-order valence-electron chi connectivity index (χ3n) is 3.15. The van der Waals surface area contributed by atoms with E-state index < -0.39 is 12.0 Å². The maximum Gasteiger partial charge on any atom is 0.328 e. The first-order valence-corrected chi connectivity index (χ1v) is 7.36. The van der Waals surface area contributed by atoms with Crippen LogP contribution in [0.5, 0.6) is 0 Å². The van der Waals surface area contributed by atoms with Gasteiger partial charge in [-0.25, -0.2) is 9.18 Å². The molecule has 0 aliphatic rings. The number of ether oxygens (including phenoxy) is 1. The lowest BCUT2D eigenvalue weighted by Gasteiger charge is -2.15. The third kappa shape index (κ3) is 6.52. The lowest BCUT2D eigenvalue weighted by Crippen LogP contribution is -2.42. The van der Waals surface area contributed by atoms with E-state index >= 15 is 0 Å². The Balaban J connectivity index is 2.64. The number of rotatable bonds is 8. The van der Waals surface area contributed by atoms with Crippen LogP contribution in [-0.4, -0.2) is 25.0 Å². The van der Waals surface area contributed by atoms with Gasteiger partial charge in [-0.2, -0.15) is 0 Å². The Bertz CT molecular complexity index is 511. The topological polar surface area (TPSA) is 55.4 Å².